The highest BCUT2D eigenvalue weighted by atomic mass is 19.4. The summed E-state index contributed by atoms with van der Waals surface area (Å²) in [6.45, 7) is 0. The van der Waals surface area contributed by atoms with Gasteiger partial charge in [0.1, 0.15) is 6.04 Å². The summed E-state index contributed by atoms with van der Waals surface area (Å²) in [4.78, 5) is 23.5. The van der Waals surface area contributed by atoms with Gasteiger partial charge in [0, 0.05) is 12.0 Å². The smallest absolute Gasteiger partial charge is 0.416 e. The molecule has 0 aliphatic heterocycles. The molecule has 0 saturated carbocycles. The second-order valence-electron chi connectivity index (χ2n) is 5.84. The standard InChI is InChI=1S/C18H13F6NO3/c19-17(20,21)12-6-4-10(5-7-12)8-14(16(27)28)25-15(26)11-2-1-3-13(9-11)18(22,23)24/h1-7,9,14H,8H2,(H,25,26)(H,27,28)/t14-/m0/s1. The molecule has 2 aromatic rings. The van der Waals surface area contributed by atoms with Crippen molar-refractivity contribution in [3.8, 4) is 0 Å². The number of amides is 1. The summed E-state index contributed by atoms with van der Waals surface area (Å²) in [6, 6.07) is 5.54. The van der Waals surface area contributed by atoms with Gasteiger partial charge in [-0.1, -0.05) is 18.2 Å². The topological polar surface area (TPSA) is 66.4 Å². The molecule has 0 aliphatic rings. The van der Waals surface area contributed by atoms with Crippen molar-refractivity contribution in [2.45, 2.75) is 24.8 Å². The lowest BCUT2D eigenvalue weighted by Crippen LogP contribution is -2.42. The molecule has 0 fully saturated rings. The molecule has 2 aromatic carbocycles. The second-order valence-corrected chi connectivity index (χ2v) is 5.84. The van der Waals surface area contributed by atoms with Crippen molar-refractivity contribution in [1.29, 1.82) is 0 Å². The normalized spacial score (nSPS) is 13.1. The molecule has 0 saturated heterocycles. The minimum atomic E-state index is -4.68. The first-order valence-electron chi connectivity index (χ1n) is 7.75. The highest BCUT2D eigenvalue weighted by Gasteiger charge is 2.32. The molecule has 0 spiro atoms. The molecule has 0 radical (unpaired) electrons. The van der Waals surface area contributed by atoms with Crippen LogP contribution >= 0.6 is 0 Å². The number of nitrogens with one attached hydrogen (secondary N) is 1. The van der Waals surface area contributed by atoms with E-state index in [0.717, 1.165) is 42.5 Å². The summed E-state index contributed by atoms with van der Waals surface area (Å²) in [7, 11) is 0. The summed E-state index contributed by atoms with van der Waals surface area (Å²) >= 11 is 0. The summed E-state index contributed by atoms with van der Waals surface area (Å²) in [5.74, 6) is -2.54. The largest absolute Gasteiger partial charge is 0.480 e. The molecule has 0 heterocycles. The fraction of sp³-hybridized carbons (Fsp3) is 0.222. The van der Waals surface area contributed by atoms with E-state index in [9.17, 15) is 41.0 Å². The van der Waals surface area contributed by atoms with Gasteiger partial charge in [-0.2, -0.15) is 26.3 Å². The Balaban J connectivity index is 2.15. The molecule has 2 rings (SSSR count). The van der Waals surface area contributed by atoms with Gasteiger partial charge in [-0.05, 0) is 35.9 Å². The van der Waals surface area contributed by atoms with E-state index in [0.29, 0.717) is 6.07 Å². The number of rotatable bonds is 5. The van der Waals surface area contributed by atoms with E-state index in [2.05, 4.69) is 5.32 Å². The number of halogens is 6. The van der Waals surface area contributed by atoms with Crippen LogP contribution in [-0.4, -0.2) is 23.0 Å². The molecule has 0 bridgehead atoms. The molecule has 1 amide bonds. The molecule has 1 atom stereocenters. The van der Waals surface area contributed by atoms with Crippen LogP contribution in [0.3, 0.4) is 0 Å². The summed E-state index contributed by atoms with van der Waals surface area (Å²) in [6.07, 6.45) is -9.58. The lowest BCUT2D eigenvalue weighted by molar-refractivity contribution is -0.139. The average molecular weight is 405 g/mol. The monoisotopic (exact) mass is 405 g/mol. The van der Waals surface area contributed by atoms with Crippen LogP contribution in [0.1, 0.15) is 27.0 Å². The van der Waals surface area contributed by atoms with Crippen molar-refractivity contribution in [1.82, 2.24) is 5.32 Å². The van der Waals surface area contributed by atoms with Gasteiger partial charge in [0.2, 0.25) is 0 Å². The molecule has 150 valence electrons. The van der Waals surface area contributed by atoms with E-state index in [1.165, 1.54) is 0 Å². The lowest BCUT2D eigenvalue weighted by Gasteiger charge is -2.16. The summed E-state index contributed by atoms with van der Waals surface area (Å²) in [5, 5.41) is 11.3. The van der Waals surface area contributed by atoms with Gasteiger partial charge < -0.3 is 10.4 Å². The Morgan fingerprint density at radius 1 is 0.893 bits per heavy atom. The van der Waals surface area contributed by atoms with E-state index in [1.54, 1.807) is 0 Å². The zero-order valence-electron chi connectivity index (χ0n) is 13.9. The Morgan fingerprint density at radius 2 is 1.46 bits per heavy atom. The van der Waals surface area contributed by atoms with Crippen LogP contribution in [0.15, 0.2) is 48.5 Å². The van der Waals surface area contributed by atoms with Crippen LogP contribution in [0.5, 0.6) is 0 Å². The molecular weight excluding hydrogens is 392 g/mol. The SMILES string of the molecule is O=C(N[C@@H](Cc1ccc(C(F)(F)F)cc1)C(=O)O)c1cccc(C(F)(F)F)c1. The molecule has 2 N–H and O–H groups in total. The van der Waals surface area contributed by atoms with Gasteiger partial charge >= 0.3 is 18.3 Å². The van der Waals surface area contributed by atoms with Gasteiger partial charge in [-0.25, -0.2) is 4.79 Å². The van der Waals surface area contributed by atoms with Crippen molar-refractivity contribution in [2.75, 3.05) is 0 Å². The number of carboxylic acid groups (broad SMARTS) is 1. The number of hydrogen-bond donors (Lipinski definition) is 2. The van der Waals surface area contributed by atoms with Gasteiger partial charge in [0.15, 0.2) is 0 Å². The van der Waals surface area contributed by atoms with Gasteiger partial charge in [-0.15, -0.1) is 0 Å². The summed E-state index contributed by atoms with van der Waals surface area (Å²) in [5.41, 5.74) is -2.19. The van der Waals surface area contributed by atoms with Crippen LogP contribution in [0.4, 0.5) is 26.3 Å². The van der Waals surface area contributed by atoms with E-state index in [-0.39, 0.29) is 12.0 Å². The minimum Gasteiger partial charge on any atom is -0.480 e. The number of carbonyl (C=O) groups is 2. The number of hydrogen-bond acceptors (Lipinski definition) is 2. The zero-order valence-corrected chi connectivity index (χ0v) is 13.9. The Bertz CT molecular complexity index is 859. The first-order valence-corrected chi connectivity index (χ1v) is 7.75. The van der Waals surface area contributed by atoms with Crippen molar-refractivity contribution >= 4 is 11.9 Å². The Morgan fingerprint density at radius 3 is 1.96 bits per heavy atom. The molecule has 4 nitrogen and oxygen atoms in total. The predicted octanol–water partition coefficient (Wildman–Crippen LogP) is 4.15. The maximum absolute atomic E-state index is 12.7. The van der Waals surface area contributed by atoms with Crippen LogP contribution in [-0.2, 0) is 23.6 Å². The fourth-order valence-corrected chi connectivity index (χ4v) is 2.34. The highest BCUT2D eigenvalue weighted by Crippen LogP contribution is 2.30. The van der Waals surface area contributed by atoms with E-state index < -0.39 is 47.0 Å². The van der Waals surface area contributed by atoms with E-state index >= 15 is 0 Å². The average Bonchev–Trinajstić information content (AvgIpc) is 2.60. The molecule has 10 heteroatoms. The first-order chi connectivity index (χ1) is 12.9. The van der Waals surface area contributed by atoms with Gasteiger partial charge in [-0.3, -0.25) is 4.79 Å². The molecule has 0 aliphatic carbocycles. The fourth-order valence-electron chi connectivity index (χ4n) is 2.34. The first kappa shape index (κ1) is 21.3. The predicted molar refractivity (Wildman–Crippen MR) is 85.5 cm³/mol. The molecule has 0 aromatic heterocycles. The van der Waals surface area contributed by atoms with Crippen molar-refractivity contribution in [3.05, 3.63) is 70.8 Å². The van der Waals surface area contributed by atoms with Gasteiger partial charge in [0.25, 0.3) is 5.91 Å². The maximum Gasteiger partial charge on any atom is 0.416 e. The highest BCUT2D eigenvalue weighted by molar-refractivity contribution is 5.96. The number of carbonyl (C=O) groups excluding carboxylic acids is 1. The summed E-state index contributed by atoms with van der Waals surface area (Å²) < 4.78 is 75.8. The molecular formula is C18H13F6NO3. The van der Waals surface area contributed by atoms with Crippen LogP contribution in [0, 0.1) is 0 Å². The third-order valence-corrected chi connectivity index (χ3v) is 3.78. The quantitative estimate of drug-likeness (QED) is 0.735. The molecule has 0 unspecified atom stereocenters. The van der Waals surface area contributed by atoms with E-state index in [1.807, 2.05) is 0 Å². The Kier molecular flexibility index (Phi) is 6.01. The third-order valence-electron chi connectivity index (χ3n) is 3.78. The van der Waals surface area contributed by atoms with Crippen LogP contribution in [0.2, 0.25) is 0 Å². The van der Waals surface area contributed by atoms with Crippen molar-refractivity contribution in [3.63, 3.8) is 0 Å². The van der Waals surface area contributed by atoms with Crippen molar-refractivity contribution < 1.29 is 41.0 Å². The minimum absolute atomic E-state index is 0.199. The van der Waals surface area contributed by atoms with E-state index in [4.69, 9.17) is 0 Å². The maximum atomic E-state index is 12.7. The van der Waals surface area contributed by atoms with Gasteiger partial charge in [0.05, 0.1) is 11.1 Å². The van der Waals surface area contributed by atoms with Crippen molar-refractivity contribution in [2.24, 2.45) is 0 Å². The Labute approximate surface area is 154 Å². The zero-order chi connectivity index (χ0) is 21.1. The lowest BCUT2D eigenvalue weighted by atomic mass is 10.0. The van der Waals surface area contributed by atoms with Crippen LogP contribution in [0.25, 0.3) is 0 Å². The van der Waals surface area contributed by atoms with Crippen LogP contribution < -0.4 is 5.32 Å². The number of carboxylic acids is 1. The number of benzene rings is 2. The number of alkyl halides is 6. The Hall–Kier alpha value is -3.04. The number of aliphatic carboxylic acids is 1. The second kappa shape index (κ2) is 7.91. The third kappa shape index (κ3) is 5.48. The molecule has 28 heavy (non-hydrogen) atoms.